The highest BCUT2D eigenvalue weighted by Gasteiger charge is 2.28. The Balaban J connectivity index is 1.37. The number of rotatable bonds is 10. The van der Waals surface area contributed by atoms with Crippen LogP contribution < -0.4 is 19.7 Å². The molecule has 8 heteroatoms. The average Bonchev–Trinajstić information content (AvgIpc) is 3.09. The van der Waals surface area contributed by atoms with Crippen LogP contribution in [0.15, 0.2) is 94.7 Å². The van der Waals surface area contributed by atoms with Crippen LogP contribution in [0.3, 0.4) is 0 Å². The molecule has 1 heterocycles. The van der Waals surface area contributed by atoms with Crippen LogP contribution in [0, 0.1) is 0 Å². The first kappa shape index (κ1) is 28.6. The van der Waals surface area contributed by atoms with Crippen LogP contribution in [0.25, 0.3) is 0 Å². The van der Waals surface area contributed by atoms with Crippen LogP contribution in [0.2, 0.25) is 5.02 Å². The minimum atomic E-state index is -0.208. The number of amides is 2. The van der Waals surface area contributed by atoms with Crippen LogP contribution in [-0.2, 0) is 13.0 Å². The maximum Gasteiger partial charge on any atom is 0.259 e. The minimum Gasteiger partial charge on any atom is -0.490 e. The normalized spacial score (nSPS) is 12.3. The summed E-state index contributed by atoms with van der Waals surface area (Å²) in [4.78, 5) is 30.5. The van der Waals surface area contributed by atoms with E-state index in [-0.39, 0.29) is 18.4 Å². The Morgan fingerprint density at radius 3 is 2.44 bits per heavy atom. The summed E-state index contributed by atoms with van der Waals surface area (Å²) in [6.07, 6.45) is 0.630. The molecular weight excluding hydrogens is 556 g/mol. The smallest absolute Gasteiger partial charge is 0.259 e. The minimum absolute atomic E-state index is 0.134. The lowest BCUT2D eigenvalue weighted by Crippen LogP contribution is -2.31. The lowest BCUT2D eigenvalue weighted by Gasteiger charge is -2.24. The number of hydrogen-bond donors (Lipinski definition) is 1. The fraction of sp³-hybridized carbons (Fsp3) is 0.212. The van der Waals surface area contributed by atoms with Gasteiger partial charge in [-0.05, 0) is 79.9 Å². The van der Waals surface area contributed by atoms with Gasteiger partial charge in [-0.1, -0.05) is 59.8 Å². The molecule has 2 amide bonds. The van der Waals surface area contributed by atoms with Gasteiger partial charge in [0.2, 0.25) is 0 Å². The molecule has 1 aliphatic heterocycles. The predicted molar refractivity (Wildman–Crippen MR) is 164 cm³/mol. The van der Waals surface area contributed by atoms with Crippen LogP contribution in [0.5, 0.6) is 11.5 Å². The number of fused-ring (bicyclic) bond motifs is 2. The van der Waals surface area contributed by atoms with Gasteiger partial charge in [-0.3, -0.25) is 9.59 Å². The second-order valence-corrected chi connectivity index (χ2v) is 10.9. The largest absolute Gasteiger partial charge is 0.490 e. The van der Waals surface area contributed by atoms with E-state index in [9.17, 15) is 9.59 Å². The third-order valence-corrected chi connectivity index (χ3v) is 8.20. The molecule has 5 rings (SSSR count). The Bertz CT molecular complexity index is 1570. The first-order valence-electron chi connectivity index (χ1n) is 13.6. The number of carbonyl (C=O) groups is 2. The van der Waals surface area contributed by atoms with E-state index in [4.69, 9.17) is 21.1 Å². The molecule has 0 fully saturated rings. The number of benzene rings is 4. The summed E-state index contributed by atoms with van der Waals surface area (Å²) < 4.78 is 11.4. The van der Waals surface area contributed by atoms with Crippen molar-refractivity contribution in [3.05, 3.63) is 112 Å². The highest BCUT2D eigenvalue weighted by Crippen LogP contribution is 2.42. The molecule has 0 aromatic heterocycles. The van der Waals surface area contributed by atoms with Gasteiger partial charge in [-0.15, -0.1) is 0 Å². The summed E-state index contributed by atoms with van der Waals surface area (Å²) in [5, 5.41) is 3.61. The van der Waals surface area contributed by atoms with Crippen molar-refractivity contribution in [1.29, 1.82) is 0 Å². The summed E-state index contributed by atoms with van der Waals surface area (Å²) in [5.41, 5.74) is 3.64. The van der Waals surface area contributed by atoms with Gasteiger partial charge < -0.3 is 19.7 Å². The molecule has 41 heavy (non-hydrogen) atoms. The summed E-state index contributed by atoms with van der Waals surface area (Å²) in [5.74, 6) is 1.07. The van der Waals surface area contributed by atoms with Crippen molar-refractivity contribution < 1.29 is 19.1 Å². The predicted octanol–water partition coefficient (Wildman–Crippen LogP) is 7.42. The van der Waals surface area contributed by atoms with E-state index in [1.807, 2.05) is 86.6 Å². The van der Waals surface area contributed by atoms with Crippen molar-refractivity contribution in [1.82, 2.24) is 5.32 Å². The standard InChI is InChI=1S/C33H31ClN2O4S/c1-3-39-28-15-13-22(19-29(28)40-4-2)17-18-35-32(37)23-14-16-31-27(20-23)36(21-24-9-5-7-11-26(24)34)33(38)25-10-6-8-12-30(25)41-31/h5-16,19-20H,3-4,17-18,21H2,1-2H3,(H,35,37). The van der Waals surface area contributed by atoms with E-state index in [0.717, 1.165) is 20.9 Å². The van der Waals surface area contributed by atoms with Crippen molar-refractivity contribution in [2.45, 2.75) is 36.6 Å². The molecule has 0 radical (unpaired) electrons. The lowest BCUT2D eigenvalue weighted by atomic mass is 10.1. The summed E-state index contributed by atoms with van der Waals surface area (Å²) >= 11 is 8.00. The van der Waals surface area contributed by atoms with Crippen LogP contribution in [-0.4, -0.2) is 31.6 Å². The molecule has 0 bridgehead atoms. The van der Waals surface area contributed by atoms with Gasteiger partial charge in [-0.2, -0.15) is 0 Å². The van der Waals surface area contributed by atoms with Gasteiger partial charge in [0.15, 0.2) is 11.5 Å². The number of nitrogens with zero attached hydrogens (tertiary/aromatic N) is 1. The number of halogens is 1. The summed E-state index contributed by atoms with van der Waals surface area (Å²) in [6.45, 7) is 5.69. The molecule has 1 aliphatic rings. The van der Waals surface area contributed by atoms with E-state index in [2.05, 4.69) is 5.32 Å². The van der Waals surface area contributed by atoms with Crippen molar-refractivity contribution in [2.75, 3.05) is 24.7 Å². The maximum atomic E-state index is 13.8. The maximum absolute atomic E-state index is 13.8. The Hall–Kier alpha value is -3.94. The van der Waals surface area contributed by atoms with Crippen molar-refractivity contribution in [2.24, 2.45) is 0 Å². The molecule has 0 unspecified atom stereocenters. The lowest BCUT2D eigenvalue weighted by molar-refractivity contribution is 0.0950. The highest BCUT2D eigenvalue weighted by molar-refractivity contribution is 7.99. The molecule has 0 aliphatic carbocycles. The van der Waals surface area contributed by atoms with Gasteiger partial charge in [0, 0.05) is 26.9 Å². The Morgan fingerprint density at radius 1 is 0.878 bits per heavy atom. The average molecular weight is 587 g/mol. The van der Waals surface area contributed by atoms with E-state index >= 15 is 0 Å². The zero-order valence-corrected chi connectivity index (χ0v) is 24.6. The van der Waals surface area contributed by atoms with Gasteiger partial charge >= 0.3 is 0 Å². The quantitative estimate of drug-likeness (QED) is 0.209. The molecule has 4 aromatic rings. The zero-order chi connectivity index (χ0) is 28.8. The summed E-state index contributed by atoms with van der Waals surface area (Å²) in [6, 6.07) is 26.4. The molecule has 0 atom stereocenters. The SMILES string of the molecule is CCOc1ccc(CCNC(=O)c2ccc3c(c2)N(Cc2ccccc2Cl)C(=O)c2ccccc2S3)cc1OCC. The zero-order valence-electron chi connectivity index (χ0n) is 23.0. The van der Waals surface area contributed by atoms with Crippen LogP contribution in [0.4, 0.5) is 5.69 Å². The second kappa shape index (κ2) is 13.1. The molecule has 4 aromatic carbocycles. The van der Waals surface area contributed by atoms with Gasteiger partial charge in [0.05, 0.1) is 31.0 Å². The van der Waals surface area contributed by atoms with E-state index in [0.29, 0.717) is 59.5 Å². The molecule has 210 valence electrons. The summed E-state index contributed by atoms with van der Waals surface area (Å²) in [7, 11) is 0. The number of ether oxygens (including phenoxy) is 2. The van der Waals surface area contributed by atoms with E-state index in [1.165, 1.54) is 11.8 Å². The Kier molecular flexibility index (Phi) is 9.17. The van der Waals surface area contributed by atoms with Crippen molar-refractivity contribution in [3.8, 4) is 11.5 Å². The second-order valence-electron chi connectivity index (χ2n) is 9.42. The molecule has 1 N–H and O–H groups in total. The molecule has 6 nitrogen and oxygen atoms in total. The van der Waals surface area contributed by atoms with Crippen molar-refractivity contribution in [3.63, 3.8) is 0 Å². The number of nitrogens with one attached hydrogen (secondary N) is 1. The third kappa shape index (κ3) is 6.53. The topological polar surface area (TPSA) is 67.9 Å². The van der Waals surface area contributed by atoms with Crippen molar-refractivity contribution >= 4 is 40.9 Å². The molecule has 0 spiro atoms. The number of carbonyl (C=O) groups excluding carboxylic acids is 2. The Labute approximate surface area is 249 Å². The molecule has 0 saturated heterocycles. The highest BCUT2D eigenvalue weighted by atomic mass is 35.5. The Morgan fingerprint density at radius 2 is 1.63 bits per heavy atom. The van der Waals surface area contributed by atoms with Crippen LogP contribution >= 0.6 is 23.4 Å². The fourth-order valence-corrected chi connectivity index (χ4v) is 5.94. The first-order chi connectivity index (χ1) is 20.0. The first-order valence-corrected chi connectivity index (χ1v) is 14.8. The van der Waals surface area contributed by atoms with Gasteiger partial charge in [0.1, 0.15) is 0 Å². The van der Waals surface area contributed by atoms with Gasteiger partial charge in [-0.25, -0.2) is 0 Å². The molecule has 0 saturated carbocycles. The number of hydrogen-bond acceptors (Lipinski definition) is 5. The van der Waals surface area contributed by atoms with Crippen LogP contribution in [0.1, 0.15) is 45.7 Å². The van der Waals surface area contributed by atoms with E-state index < -0.39 is 0 Å². The third-order valence-electron chi connectivity index (χ3n) is 6.69. The molecular formula is C33H31ClN2O4S. The monoisotopic (exact) mass is 586 g/mol. The van der Waals surface area contributed by atoms with Gasteiger partial charge in [0.25, 0.3) is 11.8 Å². The number of anilines is 1. The fourth-order valence-electron chi connectivity index (χ4n) is 4.69. The van der Waals surface area contributed by atoms with E-state index in [1.54, 1.807) is 17.0 Å².